The maximum Gasteiger partial charge on any atom is 0.234 e. The Balaban J connectivity index is 1.70. The Kier molecular flexibility index (Phi) is 6.79. The summed E-state index contributed by atoms with van der Waals surface area (Å²) in [5.74, 6) is 0.300. The third kappa shape index (κ3) is 5.42. The lowest BCUT2D eigenvalue weighted by molar-refractivity contribution is -0.114. The first-order valence-electron chi connectivity index (χ1n) is 9.36. The summed E-state index contributed by atoms with van der Waals surface area (Å²) in [5.41, 5.74) is 4.42. The minimum absolute atomic E-state index is 0.176. The first-order valence-corrected chi connectivity index (χ1v) is 10.3. The van der Waals surface area contributed by atoms with Crippen LogP contribution in [-0.4, -0.2) is 34.2 Å². The molecule has 7 nitrogen and oxygen atoms in total. The summed E-state index contributed by atoms with van der Waals surface area (Å²) in [4.78, 5) is 28.2. The van der Waals surface area contributed by atoms with Gasteiger partial charge in [0.25, 0.3) is 0 Å². The minimum atomic E-state index is -0.201. The van der Waals surface area contributed by atoms with E-state index in [1.54, 1.807) is 24.4 Å². The van der Waals surface area contributed by atoms with E-state index >= 15 is 0 Å². The van der Waals surface area contributed by atoms with Crippen LogP contribution in [0, 0.1) is 13.8 Å². The van der Waals surface area contributed by atoms with Gasteiger partial charge < -0.3 is 15.4 Å². The van der Waals surface area contributed by atoms with Crippen LogP contribution in [0.4, 0.5) is 11.4 Å². The van der Waals surface area contributed by atoms with Crippen molar-refractivity contribution in [3.05, 3.63) is 59.9 Å². The molecular formula is C22H24N4O3S. The van der Waals surface area contributed by atoms with Crippen LogP contribution in [0.1, 0.15) is 18.1 Å². The molecular weight excluding hydrogens is 400 g/mol. The van der Waals surface area contributed by atoms with Gasteiger partial charge in [0.15, 0.2) is 5.16 Å². The topological polar surface area (TPSA) is 85.2 Å². The van der Waals surface area contributed by atoms with Crippen molar-refractivity contribution in [2.45, 2.75) is 25.9 Å². The van der Waals surface area contributed by atoms with Gasteiger partial charge in [-0.15, -0.1) is 0 Å². The molecule has 0 aliphatic heterocycles. The predicted octanol–water partition coefficient (Wildman–Crippen LogP) is 4.19. The average molecular weight is 425 g/mol. The number of rotatable bonds is 7. The number of hydrogen-bond acceptors (Lipinski definition) is 5. The molecule has 8 heteroatoms. The van der Waals surface area contributed by atoms with Crippen molar-refractivity contribution >= 4 is 35.0 Å². The second-order valence-electron chi connectivity index (χ2n) is 6.86. The fraction of sp³-hybridized carbons (Fsp3) is 0.227. The van der Waals surface area contributed by atoms with Gasteiger partial charge in [-0.3, -0.25) is 14.2 Å². The monoisotopic (exact) mass is 424 g/mol. The molecule has 3 rings (SSSR count). The molecule has 1 aromatic heterocycles. The van der Waals surface area contributed by atoms with Crippen molar-refractivity contribution in [1.29, 1.82) is 0 Å². The number of methoxy groups -OCH3 is 1. The molecule has 0 radical (unpaired) electrons. The van der Waals surface area contributed by atoms with Crippen LogP contribution in [0.15, 0.2) is 53.9 Å². The molecule has 0 saturated carbocycles. The summed E-state index contributed by atoms with van der Waals surface area (Å²) >= 11 is 1.35. The highest BCUT2D eigenvalue weighted by atomic mass is 32.2. The van der Waals surface area contributed by atoms with Crippen molar-refractivity contribution in [2.75, 3.05) is 23.5 Å². The number of carbonyl (C=O) groups is 2. The Labute approximate surface area is 179 Å². The molecule has 156 valence electrons. The van der Waals surface area contributed by atoms with Gasteiger partial charge in [-0.1, -0.05) is 17.8 Å². The van der Waals surface area contributed by atoms with Crippen LogP contribution in [-0.2, 0) is 9.59 Å². The number of hydrogen-bond donors (Lipinski definition) is 2. The summed E-state index contributed by atoms with van der Waals surface area (Å²) in [6.45, 7) is 5.53. The number of anilines is 2. The summed E-state index contributed by atoms with van der Waals surface area (Å²) in [6, 6.07) is 11.4. The molecule has 0 fully saturated rings. The third-order valence-electron chi connectivity index (χ3n) is 4.22. The second-order valence-corrected chi connectivity index (χ2v) is 7.80. The van der Waals surface area contributed by atoms with E-state index in [0.717, 1.165) is 10.8 Å². The highest BCUT2D eigenvalue weighted by Crippen LogP contribution is 2.28. The molecule has 3 aromatic rings. The van der Waals surface area contributed by atoms with Gasteiger partial charge in [0.1, 0.15) is 5.75 Å². The van der Waals surface area contributed by atoms with Gasteiger partial charge in [0.05, 0.1) is 18.6 Å². The van der Waals surface area contributed by atoms with E-state index in [4.69, 9.17) is 4.74 Å². The van der Waals surface area contributed by atoms with Crippen molar-refractivity contribution in [1.82, 2.24) is 9.55 Å². The van der Waals surface area contributed by atoms with Gasteiger partial charge in [0.2, 0.25) is 11.8 Å². The Bertz CT molecular complexity index is 1060. The summed E-state index contributed by atoms with van der Waals surface area (Å²) in [6.07, 6.45) is 3.60. The van der Waals surface area contributed by atoms with Crippen LogP contribution in [0.3, 0.4) is 0 Å². The molecule has 0 atom stereocenters. The standard InChI is InChI=1S/C22H24N4O3S/c1-14-9-15(2)11-18(10-14)26-8-7-23-22(26)30-13-21(28)25-19-12-17(24-16(3)27)5-6-20(19)29-4/h5-12H,13H2,1-4H3,(H,24,27)(H,25,28). The first kappa shape index (κ1) is 21.4. The molecule has 2 N–H and O–H groups in total. The quantitative estimate of drug-likeness (QED) is 0.556. The highest BCUT2D eigenvalue weighted by Gasteiger charge is 2.13. The van der Waals surface area contributed by atoms with E-state index in [0.29, 0.717) is 17.1 Å². The van der Waals surface area contributed by atoms with E-state index in [-0.39, 0.29) is 17.6 Å². The van der Waals surface area contributed by atoms with Gasteiger partial charge in [-0.2, -0.15) is 0 Å². The number of amides is 2. The summed E-state index contributed by atoms with van der Waals surface area (Å²) in [7, 11) is 1.53. The van der Waals surface area contributed by atoms with E-state index in [1.807, 2.05) is 10.8 Å². The smallest absolute Gasteiger partial charge is 0.234 e. The number of aryl methyl sites for hydroxylation is 2. The minimum Gasteiger partial charge on any atom is -0.495 e. The Morgan fingerprint density at radius 1 is 1.10 bits per heavy atom. The van der Waals surface area contributed by atoms with Crippen LogP contribution >= 0.6 is 11.8 Å². The molecule has 0 saturated heterocycles. The summed E-state index contributed by atoms with van der Waals surface area (Å²) in [5, 5.41) is 6.27. The largest absolute Gasteiger partial charge is 0.495 e. The van der Waals surface area contributed by atoms with Crippen molar-refractivity contribution < 1.29 is 14.3 Å². The van der Waals surface area contributed by atoms with E-state index in [9.17, 15) is 9.59 Å². The van der Waals surface area contributed by atoms with E-state index in [1.165, 1.54) is 36.9 Å². The zero-order valence-electron chi connectivity index (χ0n) is 17.4. The number of nitrogens with one attached hydrogen (secondary N) is 2. The predicted molar refractivity (Wildman–Crippen MR) is 120 cm³/mol. The molecule has 0 aliphatic carbocycles. The molecule has 30 heavy (non-hydrogen) atoms. The average Bonchev–Trinajstić information content (AvgIpc) is 3.14. The Morgan fingerprint density at radius 2 is 1.83 bits per heavy atom. The molecule has 1 heterocycles. The Morgan fingerprint density at radius 3 is 2.50 bits per heavy atom. The molecule has 0 spiro atoms. The Hall–Kier alpha value is -3.26. The molecule has 0 bridgehead atoms. The van der Waals surface area contributed by atoms with Crippen LogP contribution in [0.2, 0.25) is 0 Å². The maximum absolute atomic E-state index is 12.6. The second kappa shape index (κ2) is 9.49. The van der Waals surface area contributed by atoms with Gasteiger partial charge in [-0.05, 0) is 55.3 Å². The molecule has 2 aromatic carbocycles. The first-order chi connectivity index (χ1) is 14.4. The maximum atomic E-state index is 12.6. The number of thioether (sulfide) groups is 1. The summed E-state index contributed by atoms with van der Waals surface area (Å²) < 4.78 is 7.27. The van der Waals surface area contributed by atoms with Gasteiger partial charge >= 0.3 is 0 Å². The molecule has 0 aliphatic rings. The molecule has 0 unspecified atom stereocenters. The van der Waals surface area contributed by atoms with E-state index < -0.39 is 0 Å². The number of imidazole rings is 1. The fourth-order valence-corrected chi connectivity index (χ4v) is 3.86. The van der Waals surface area contributed by atoms with Gasteiger partial charge in [0, 0.05) is 30.7 Å². The number of ether oxygens (including phenoxy) is 1. The van der Waals surface area contributed by atoms with Gasteiger partial charge in [-0.25, -0.2) is 4.98 Å². The number of nitrogens with zero attached hydrogens (tertiary/aromatic N) is 2. The number of benzene rings is 2. The van der Waals surface area contributed by atoms with Crippen molar-refractivity contribution in [3.8, 4) is 11.4 Å². The fourth-order valence-electron chi connectivity index (χ4n) is 3.09. The SMILES string of the molecule is COc1ccc(NC(C)=O)cc1NC(=O)CSc1nccn1-c1cc(C)cc(C)c1. The van der Waals surface area contributed by atoms with E-state index in [2.05, 4.69) is 47.7 Å². The zero-order valence-corrected chi connectivity index (χ0v) is 18.2. The van der Waals surface area contributed by atoms with Crippen LogP contribution < -0.4 is 15.4 Å². The van der Waals surface area contributed by atoms with Crippen molar-refractivity contribution in [2.24, 2.45) is 0 Å². The lowest BCUT2D eigenvalue weighted by Gasteiger charge is -2.13. The lowest BCUT2D eigenvalue weighted by atomic mass is 10.1. The van der Waals surface area contributed by atoms with Crippen LogP contribution in [0.25, 0.3) is 5.69 Å². The number of carbonyl (C=O) groups excluding carboxylic acids is 2. The van der Waals surface area contributed by atoms with Crippen molar-refractivity contribution in [3.63, 3.8) is 0 Å². The third-order valence-corrected chi connectivity index (χ3v) is 5.18. The van der Waals surface area contributed by atoms with Crippen LogP contribution in [0.5, 0.6) is 5.75 Å². The number of aromatic nitrogens is 2. The normalized spacial score (nSPS) is 10.5. The molecule has 2 amide bonds. The lowest BCUT2D eigenvalue weighted by Crippen LogP contribution is -2.15. The highest BCUT2D eigenvalue weighted by molar-refractivity contribution is 7.99. The zero-order chi connectivity index (χ0) is 21.7.